The highest BCUT2D eigenvalue weighted by atomic mass is 16.5. The second-order valence-electron chi connectivity index (χ2n) is 7.27. The molecule has 0 unspecified atom stereocenters. The normalized spacial score (nSPS) is 12.8. The smallest absolute Gasteiger partial charge is 0.407 e. The number of amides is 3. The van der Waals surface area contributed by atoms with Crippen molar-refractivity contribution in [2.24, 2.45) is 11.8 Å². The van der Waals surface area contributed by atoms with Gasteiger partial charge in [-0.15, -0.1) is 0 Å². The lowest BCUT2D eigenvalue weighted by atomic mass is 10.0. The Hall–Kier alpha value is -3.10. The van der Waals surface area contributed by atoms with Crippen LogP contribution >= 0.6 is 0 Å². The van der Waals surface area contributed by atoms with Crippen molar-refractivity contribution in [2.45, 2.75) is 46.4 Å². The van der Waals surface area contributed by atoms with Gasteiger partial charge in [-0.05, 0) is 17.4 Å². The molecule has 0 heterocycles. The zero-order valence-electron chi connectivity index (χ0n) is 17.1. The lowest BCUT2D eigenvalue weighted by Gasteiger charge is -2.25. The number of carbonyl (C=O) groups is 4. The largest absolute Gasteiger partial charge is 0.480 e. The first-order chi connectivity index (χ1) is 13.6. The number of alkyl carbamates (subject to hydrolysis) is 1. The summed E-state index contributed by atoms with van der Waals surface area (Å²) in [5, 5.41) is 16.5. The zero-order chi connectivity index (χ0) is 22.0. The fourth-order valence-corrected chi connectivity index (χ4v) is 2.44. The second-order valence-corrected chi connectivity index (χ2v) is 7.27. The first-order valence-corrected chi connectivity index (χ1v) is 9.39. The van der Waals surface area contributed by atoms with E-state index in [9.17, 15) is 24.3 Å². The number of aliphatic carboxylic acids is 1. The Balaban J connectivity index is 2.51. The van der Waals surface area contributed by atoms with Crippen LogP contribution in [0.25, 0.3) is 0 Å². The molecule has 9 heteroatoms. The molecule has 0 aliphatic carbocycles. The maximum Gasteiger partial charge on any atom is 0.407 e. The van der Waals surface area contributed by atoms with Gasteiger partial charge in [-0.2, -0.15) is 0 Å². The molecule has 0 saturated carbocycles. The molecule has 9 nitrogen and oxygen atoms in total. The third-order valence-electron chi connectivity index (χ3n) is 4.10. The van der Waals surface area contributed by atoms with Crippen LogP contribution in [0.2, 0.25) is 0 Å². The summed E-state index contributed by atoms with van der Waals surface area (Å²) < 4.78 is 5.01. The van der Waals surface area contributed by atoms with Crippen LogP contribution in [0.15, 0.2) is 30.3 Å². The van der Waals surface area contributed by atoms with Crippen molar-refractivity contribution in [1.82, 2.24) is 16.0 Å². The molecule has 1 aromatic carbocycles. The summed E-state index contributed by atoms with van der Waals surface area (Å²) in [5.74, 6) is -2.94. The maximum absolute atomic E-state index is 12.4. The van der Waals surface area contributed by atoms with Gasteiger partial charge < -0.3 is 25.8 Å². The van der Waals surface area contributed by atoms with Crippen LogP contribution in [0.4, 0.5) is 4.79 Å². The Morgan fingerprint density at radius 1 is 0.931 bits per heavy atom. The van der Waals surface area contributed by atoms with Crippen molar-refractivity contribution >= 4 is 23.9 Å². The maximum atomic E-state index is 12.4. The fraction of sp³-hybridized carbons (Fsp3) is 0.500. The Morgan fingerprint density at radius 2 is 1.52 bits per heavy atom. The molecule has 0 spiro atoms. The second kappa shape index (κ2) is 11.7. The summed E-state index contributed by atoms with van der Waals surface area (Å²) in [6.07, 6.45) is -0.764. The van der Waals surface area contributed by atoms with Crippen LogP contribution in [-0.2, 0) is 25.7 Å². The van der Waals surface area contributed by atoms with Gasteiger partial charge in [0.1, 0.15) is 25.2 Å². The molecule has 0 fully saturated rings. The van der Waals surface area contributed by atoms with E-state index in [1.165, 1.54) is 0 Å². The zero-order valence-corrected chi connectivity index (χ0v) is 17.1. The van der Waals surface area contributed by atoms with Crippen LogP contribution in [0, 0.1) is 11.8 Å². The van der Waals surface area contributed by atoms with Crippen molar-refractivity contribution in [3.05, 3.63) is 35.9 Å². The molecule has 2 atom stereocenters. The monoisotopic (exact) mass is 407 g/mol. The Morgan fingerprint density at radius 3 is 2.03 bits per heavy atom. The standard InChI is InChI=1S/C20H29N3O6/c1-12(2)16(18(25)23-17(13(3)4)19(26)27)22-15(24)10-21-20(28)29-11-14-8-6-5-7-9-14/h5-9,12-13,16-17H,10-11H2,1-4H3,(H,21,28)(H,22,24)(H,23,25)(H,26,27)/t16-,17-/m0/s1. The van der Waals surface area contributed by atoms with Gasteiger partial charge in [-0.25, -0.2) is 9.59 Å². The number of carboxylic acid groups (broad SMARTS) is 1. The van der Waals surface area contributed by atoms with E-state index in [1.54, 1.807) is 39.8 Å². The predicted molar refractivity (Wildman–Crippen MR) is 106 cm³/mol. The number of hydrogen-bond acceptors (Lipinski definition) is 5. The lowest BCUT2D eigenvalue weighted by Crippen LogP contribution is -2.56. The third kappa shape index (κ3) is 8.63. The quantitative estimate of drug-likeness (QED) is 0.462. The molecular formula is C20H29N3O6. The van der Waals surface area contributed by atoms with Crippen LogP contribution in [0.1, 0.15) is 33.3 Å². The molecule has 0 bridgehead atoms. The summed E-state index contributed by atoms with van der Waals surface area (Å²) in [4.78, 5) is 47.5. The molecule has 1 rings (SSSR count). The molecule has 0 aliphatic rings. The number of benzene rings is 1. The molecule has 0 radical (unpaired) electrons. The first kappa shape index (κ1) is 23.9. The predicted octanol–water partition coefficient (Wildman–Crippen LogP) is 1.28. The van der Waals surface area contributed by atoms with E-state index < -0.39 is 36.0 Å². The molecule has 1 aromatic rings. The summed E-state index contributed by atoms with van der Waals surface area (Å²) in [6, 6.07) is 7.07. The van der Waals surface area contributed by atoms with Crippen molar-refractivity contribution in [3.63, 3.8) is 0 Å². The highest BCUT2D eigenvalue weighted by Gasteiger charge is 2.30. The van der Waals surface area contributed by atoms with Gasteiger partial charge in [0.15, 0.2) is 0 Å². The lowest BCUT2D eigenvalue weighted by molar-refractivity contribution is -0.143. The minimum absolute atomic E-state index is 0.0666. The van der Waals surface area contributed by atoms with E-state index in [0.717, 1.165) is 5.56 Å². The summed E-state index contributed by atoms with van der Waals surface area (Å²) in [5.41, 5.74) is 0.807. The highest BCUT2D eigenvalue weighted by Crippen LogP contribution is 2.06. The van der Waals surface area contributed by atoms with Gasteiger partial charge >= 0.3 is 12.1 Å². The Labute approximate surface area is 170 Å². The molecule has 29 heavy (non-hydrogen) atoms. The van der Waals surface area contributed by atoms with E-state index in [2.05, 4.69) is 16.0 Å². The number of rotatable bonds is 10. The average Bonchev–Trinajstić information content (AvgIpc) is 2.66. The van der Waals surface area contributed by atoms with Gasteiger partial charge in [0.05, 0.1) is 0 Å². The Bertz CT molecular complexity index is 705. The molecule has 0 saturated heterocycles. The minimum Gasteiger partial charge on any atom is -0.480 e. The Kier molecular flexibility index (Phi) is 9.64. The average molecular weight is 407 g/mol. The summed E-state index contributed by atoms with van der Waals surface area (Å²) in [7, 11) is 0. The SMILES string of the molecule is CC(C)[C@H](NC(=O)[C@@H](NC(=O)CNC(=O)OCc1ccccc1)C(C)C)C(=O)O. The van der Waals surface area contributed by atoms with E-state index in [4.69, 9.17) is 4.74 Å². The van der Waals surface area contributed by atoms with Crippen LogP contribution in [0.3, 0.4) is 0 Å². The number of carboxylic acids is 1. The highest BCUT2D eigenvalue weighted by molar-refractivity contribution is 5.91. The van der Waals surface area contributed by atoms with Gasteiger partial charge in [0.25, 0.3) is 0 Å². The van der Waals surface area contributed by atoms with E-state index in [0.29, 0.717) is 0 Å². The number of ether oxygens (including phenoxy) is 1. The summed E-state index contributed by atoms with van der Waals surface area (Å²) >= 11 is 0. The van der Waals surface area contributed by atoms with Crippen molar-refractivity contribution in [2.75, 3.05) is 6.54 Å². The van der Waals surface area contributed by atoms with Gasteiger partial charge in [-0.3, -0.25) is 9.59 Å². The van der Waals surface area contributed by atoms with E-state index >= 15 is 0 Å². The number of nitrogens with one attached hydrogen (secondary N) is 3. The van der Waals surface area contributed by atoms with Gasteiger partial charge in [-0.1, -0.05) is 58.0 Å². The van der Waals surface area contributed by atoms with Crippen LogP contribution in [-0.4, -0.2) is 47.6 Å². The third-order valence-corrected chi connectivity index (χ3v) is 4.10. The van der Waals surface area contributed by atoms with Crippen molar-refractivity contribution in [3.8, 4) is 0 Å². The van der Waals surface area contributed by atoms with Gasteiger partial charge in [0.2, 0.25) is 11.8 Å². The molecular weight excluding hydrogens is 378 g/mol. The molecule has 4 N–H and O–H groups in total. The van der Waals surface area contributed by atoms with E-state index in [-0.39, 0.29) is 25.0 Å². The van der Waals surface area contributed by atoms with Crippen molar-refractivity contribution < 1.29 is 29.0 Å². The molecule has 160 valence electrons. The fourth-order valence-electron chi connectivity index (χ4n) is 2.44. The van der Waals surface area contributed by atoms with Crippen LogP contribution in [0.5, 0.6) is 0 Å². The molecule has 0 aromatic heterocycles. The molecule has 3 amide bonds. The number of carbonyl (C=O) groups excluding carboxylic acids is 3. The first-order valence-electron chi connectivity index (χ1n) is 9.39. The van der Waals surface area contributed by atoms with E-state index in [1.807, 2.05) is 18.2 Å². The minimum atomic E-state index is -1.15. The summed E-state index contributed by atoms with van der Waals surface area (Å²) in [6.45, 7) is 6.47. The molecule has 0 aliphatic heterocycles. The van der Waals surface area contributed by atoms with Crippen LogP contribution < -0.4 is 16.0 Å². The van der Waals surface area contributed by atoms with Crippen molar-refractivity contribution in [1.29, 1.82) is 0 Å². The van der Waals surface area contributed by atoms with Gasteiger partial charge in [0, 0.05) is 0 Å². The number of hydrogen-bond donors (Lipinski definition) is 4. The topological polar surface area (TPSA) is 134 Å².